The van der Waals surface area contributed by atoms with E-state index in [0.717, 1.165) is 16.8 Å². The number of fused-ring (bicyclic) bond motifs is 1. The number of hydrogen-bond donors (Lipinski definition) is 1. The third kappa shape index (κ3) is 4.07. The van der Waals surface area contributed by atoms with Crippen LogP contribution in [0, 0.1) is 31.6 Å². The fraction of sp³-hybridized carbons (Fsp3) is 0.577. The molecule has 4 rings (SSSR count). The Morgan fingerprint density at radius 1 is 1.24 bits per heavy atom. The van der Waals surface area contributed by atoms with Crippen LogP contribution in [0.2, 0.25) is 0 Å². The zero-order valence-corrected chi connectivity index (χ0v) is 20.5. The lowest BCUT2D eigenvalue weighted by atomic mass is 9.77. The molecule has 0 saturated carbocycles. The van der Waals surface area contributed by atoms with Gasteiger partial charge < -0.3 is 19.7 Å². The number of amides is 2. The van der Waals surface area contributed by atoms with Gasteiger partial charge in [0.05, 0.1) is 18.6 Å². The minimum Gasteiger partial charge on any atom is -0.452 e. The molecule has 2 bridgehead atoms. The molecule has 3 aliphatic rings. The topological polar surface area (TPSA) is 84.9 Å². The molecular weight excluding hydrogens is 420 g/mol. The van der Waals surface area contributed by atoms with Crippen LogP contribution in [-0.2, 0) is 23.9 Å². The van der Waals surface area contributed by atoms with Gasteiger partial charge in [0.25, 0.3) is 5.91 Å². The van der Waals surface area contributed by atoms with E-state index < -0.39 is 41.2 Å². The van der Waals surface area contributed by atoms with E-state index in [1.807, 2.05) is 78.8 Å². The van der Waals surface area contributed by atoms with E-state index in [2.05, 4.69) is 5.32 Å². The molecule has 7 heteroatoms. The molecule has 2 amide bonds. The third-order valence-corrected chi connectivity index (χ3v) is 6.62. The van der Waals surface area contributed by atoms with Crippen LogP contribution >= 0.6 is 0 Å². The van der Waals surface area contributed by atoms with Gasteiger partial charge in [0, 0.05) is 11.2 Å². The number of anilines is 1. The van der Waals surface area contributed by atoms with Crippen LogP contribution in [0.4, 0.5) is 5.69 Å². The zero-order chi connectivity index (χ0) is 24.3. The third-order valence-electron chi connectivity index (χ3n) is 6.62. The Hall–Kier alpha value is -2.67. The number of nitrogens with one attached hydrogen (secondary N) is 1. The molecule has 0 unspecified atom stereocenters. The van der Waals surface area contributed by atoms with E-state index in [1.54, 1.807) is 4.90 Å². The van der Waals surface area contributed by atoms with Crippen LogP contribution in [-0.4, -0.2) is 47.7 Å². The fourth-order valence-corrected chi connectivity index (χ4v) is 5.22. The van der Waals surface area contributed by atoms with Crippen molar-refractivity contribution in [1.82, 2.24) is 5.32 Å². The molecule has 0 radical (unpaired) electrons. The number of carbonyl (C=O) groups is 3. The predicted molar refractivity (Wildman–Crippen MR) is 125 cm³/mol. The molecule has 33 heavy (non-hydrogen) atoms. The first kappa shape index (κ1) is 23.5. The van der Waals surface area contributed by atoms with Crippen molar-refractivity contribution >= 4 is 23.5 Å². The highest BCUT2D eigenvalue weighted by Gasteiger charge is 2.67. The average molecular weight is 455 g/mol. The first-order chi connectivity index (χ1) is 15.3. The second-order valence-electron chi connectivity index (χ2n) is 11.0. The Balaban J connectivity index is 1.58. The number of aryl methyl sites for hydroxylation is 2. The summed E-state index contributed by atoms with van der Waals surface area (Å²) in [6.45, 7) is 13.6. The number of hydrogen-bond acceptors (Lipinski definition) is 5. The van der Waals surface area contributed by atoms with Crippen molar-refractivity contribution in [2.24, 2.45) is 17.8 Å². The predicted octanol–water partition coefficient (Wildman–Crippen LogP) is 3.07. The van der Waals surface area contributed by atoms with Gasteiger partial charge in [-0.05, 0) is 52.2 Å². The van der Waals surface area contributed by atoms with Gasteiger partial charge in [-0.3, -0.25) is 14.4 Å². The zero-order valence-electron chi connectivity index (χ0n) is 20.5. The minimum absolute atomic E-state index is 0.143. The van der Waals surface area contributed by atoms with Crippen molar-refractivity contribution in [2.75, 3.05) is 11.4 Å². The normalized spacial score (nSPS) is 28.9. The smallest absolute Gasteiger partial charge is 0.313 e. The van der Waals surface area contributed by atoms with Gasteiger partial charge in [0.15, 0.2) is 6.10 Å². The average Bonchev–Trinajstić information content (AvgIpc) is 3.32. The highest BCUT2D eigenvalue weighted by Crippen LogP contribution is 2.53. The van der Waals surface area contributed by atoms with Crippen molar-refractivity contribution in [2.45, 2.75) is 71.8 Å². The lowest BCUT2D eigenvalue weighted by Gasteiger charge is -2.29. The Bertz CT molecular complexity index is 1020. The molecule has 1 spiro atoms. The fourth-order valence-electron chi connectivity index (χ4n) is 5.22. The molecule has 1 aromatic carbocycles. The minimum atomic E-state index is -0.942. The summed E-state index contributed by atoms with van der Waals surface area (Å²) in [5.41, 5.74) is 1.65. The van der Waals surface area contributed by atoms with Gasteiger partial charge in [0.2, 0.25) is 5.91 Å². The van der Waals surface area contributed by atoms with Crippen LogP contribution in [0.5, 0.6) is 0 Å². The maximum atomic E-state index is 13.6. The lowest BCUT2D eigenvalue weighted by molar-refractivity contribution is -0.165. The number of nitrogens with zero attached hydrogens (tertiary/aromatic N) is 1. The van der Waals surface area contributed by atoms with Crippen LogP contribution < -0.4 is 10.2 Å². The quantitative estimate of drug-likeness (QED) is 0.546. The van der Waals surface area contributed by atoms with E-state index in [0.29, 0.717) is 6.54 Å². The number of carbonyl (C=O) groups excluding carboxylic acids is 3. The molecule has 3 heterocycles. The summed E-state index contributed by atoms with van der Waals surface area (Å²) in [6.07, 6.45) is 2.30. The van der Waals surface area contributed by atoms with E-state index in [9.17, 15) is 14.4 Å². The number of esters is 1. The molecule has 3 aliphatic heterocycles. The van der Waals surface area contributed by atoms with Gasteiger partial charge >= 0.3 is 5.97 Å². The van der Waals surface area contributed by atoms with Gasteiger partial charge in [-0.25, -0.2) is 0 Å². The van der Waals surface area contributed by atoms with Crippen molar-refractivity contribution in [1.29, 1.82) is 0 Å². The molecule has 0 aliphatic carbocycles. The molecule has 1 aromatic rings. The van der Waals surface area contributed by atoms with E-state index in [-0.39, 0.29) is 17.7 Å². The summed E-state index contributed by atoms with van der Waals surface area (Å²) in [5, 5.41) is 2.89. The van der Waals surface area contributed by atoms with E-state index >= 15 is 0 Å². The van der Waals surface area contributed by atoms with Crippen LogP contribution in [0.15, 0.2) is 30.4 Å². The number of rotatable bonds is 5. The Morgan fingerprint density at radius 2 is 1.94 bits per heavy atom. The van der Waals surface area contributed by atoms with Gasteiger partial charge in [0.1, 0.15) is 11.5 Å². The van der Waals surface area contributed by atoms with Gasteiger partial charge in [-0.15, -0.1) is 0 Å². The Kier molecular flexibility index (Phi) is 5.68. The highest BCUT2D eigenvalue weighted by molar-refractivity contribution is 6.03. The molecule has 5 atom stereocenters. The van der Waals surface area contributed by atoms with Crippen LogP contribution in [0.1, 0.15) is 45.7 Å². The van der Waals surface area contributed by atoms with Gasteiger partial charge in [-0.1, -0.05) is 43.7 Å². The van der Waals surface area contributed by atoms with Crippen molar-refractivity contribution in [3.05, 3.63) is 41.5 Å². The Labute approximate surface area is 195 Å². The molecular formula is C26H34N2O5. The number of ether oxygens (including phenoxy) is 2. The summed E-state index contributed by atoms with van der Waals surface area (Å²) in [5.74, 6) is -2.70. The summed E-state index contributed by atoms with van der Waals surface area (Å²) in [6, 6.07) is 5.95. The SMILES string of the molecule is Cc1ccc(N2C[C@]34C=C[C@@H](O3)[C@H](C(=O)O[C@H](C(=O)NC(C)(C)C)C(C)C)[C@@H]4C2=O)c(C)c1. The molecule has 2 fully saturated rings. The monoisotopic (exact) mass is 454 g/mol. The standard InChI is InChI=1S/C26H34N2O5/c1-14(2)21(22(29)27-25(5,6)7)32-24(31)19-18-10-11-26(33-18)13-28(23(30)20(19)26)17-9-8-15(3)12-16(17)4/h8-12,14,18-21H,13H2,1-7H3,(H,27,29)/t18-,19+,20-,21+,26+/m1/s1. The summed E-state index contributed by atoms with van der Waals surface area (Å²) in [4.78, 5) is 41.5. The van der Waals surface area contributed by atoms with Crippen LogP contribution in [0.3, 0.4) is 0 Å². The molecule has 1 N–H and O–H groups in total. The first-order valence-corrected chi connectivity index (χ1v) is 11.6. The molecule has 2 saturated heterocycles. The highest BCUT2D eigenvalue weighted by atomic mass is 16.6. The molecule has 7 nitrogen and oxygen atoms in total. The largest absolute Gasteiger partial charge is 0.452 e. The second-order valence-corrected chi connectivity index (χ2v) is 11.0. The lowest BCUT2D eigenvalue weighted by Crippen LogP contribution is -2.50. The maximum absolute atomic E-state index is 13.6. The summed E-state index contributed by atoms with van der Waals surface area (Å²) >= 11 is 0. The molecule has 0 aromatic heterocycles. The first-order valence-electron chi connectivity index (χ1n) is 11.6. The van der Waals surface area contributed by atoms with E-state index in [4.69, 9.17) is 9.47 Å². The second kappa shape index (κ2) is 7.97. The molecule has 178 valence electrons. The maximum Gasteiger partial charge on any atom is 0.313 e. The van der Waals surface area contributed by atoms with Gasteiger partial charge in [-0.2, -0.15) is 0 Å². The van der Waals surface area contributed by atoms with Crippen molar-refractivity contribution < 1.29 is 23.9 Å². The van der Waals surface area contributed by atoms with Crippen molar-refractivity contribution in [3.63, 3.8) is 0 Å². The number of benzene rings is 1. The summed E-state index contributed by atoms with van der Waals surface area (Å²) < 4.78 is 12.0. The van der Waals surface area contributed by atoms with Crippen LogP contribution in [0.25, 0.3) is 0 Å². The Morgan fingerprint density at radius 3 is 2.55 bits per heavy atom. The van der Waals surface area contributed by atoms with E-state index in [1.165, 1.54) is 0 Å². The summed E-state index contributed by atoms with van der Waals surface area (Å²) in [7, 11) is 0. The van der Waals surface area contributed by atoms with Crippen molar-refractivity contribution in [3.8, 4) is 0 Å².